The van der Waals surface area contributed by atoms with Crippen LogP contribution in [0.2, 0.25) is 6.82 Å². The average Bonchev–Trinajstić information content (AvgIpc) is 2.44. The Hall–Kier alpha value is -1.12. The topological polar surface area (TPSA) is 36.2 Å². The quantitative estimate of drug-likeness (QED) is 0.681. The highest BCUT2D eigenvalue weighted by Crippen LogP contribution is 2.25. The molecule has 0 aromatic rings. The second-order valence-electron chi connectivity index (χ2n) is 3.83. The van der Waals surface area contributed by atoms with Crippen molar-refractivity contribution in [3.05, 3.63) is 23.8 Å². The van der Waals surface area contributed by atoms with Crippen molar-refractivity contribution in [3.8, 4) is 0 Å². The van der Waals surface area contributed by atoms with Gasteiger partial charge in [0.15, 0.2) is 0 Å². The van der Waals surface area contributed by atoms with Crippen molar-refractivity contribution in [1.29, 1.82) is 5.41 Å². The summed E-state index contributed by atoms with van der Waals surface area (Å²) in [6.07, 6.45) is 8.52. The van der Waals surface area contributed by atoms with Crippen molar-refractivity contribution in [2.75, 3.05) is 0 Å². The highest BCUT2D eigenvalue weighted by molar-refractivity contribution is 6.44. The van der Waals surface area contributed by atoms with Gasteiger partial charge in [0.05, 0.1) is 5.71 Å². The monoisotopic (exact) mass is 201 g/mol. The predicted octanol–water partition coefficient (Wildman–Crippen LogP) is 2.90. The molecule has 1 N–H and O–H groups in total. The van der Waals surface area contributed by atoms with Crippen LogP contribution < -0.4 is 0 Å². The van der Waals surface area contributed by atoms with Gasteiger partial charge in [0.25, 0.3) is 0 Å². The molecule has 15 heavy (non-hydrogen) atoms. The van der Waals surface area contributed by atoms with Gasteiger partial charge in [-0.1, -0.05) is 25.9 Å². The summed E-state index contributed by atoms with van der Waals surface area (Å²) >= 11 is 0. The third-order valence-corrected chi connectivity index (χ3v) is 2.99. The molecule has 0 aromatic carbocycles. The minimum atomic E-state index is 0.259. The molecule has 2 nitrogen and oxygen atoms in total. The van der Waals surface area contributed by atoms with Crippen LogP contribution in [0, 0.1) is 17.2 Å². The van der Waals surface area contributed by atoms with Gasteiger partial charge in [0, 0.05) is 18.3 Å². The molecule has 1 aliphatic heterocycles. The Morgan fingerprint density at radius 1 is 1.73 bits per heavy atom. The van der Waals surface area contributed by atoms with Gasteiger partial charge in [-0.05, 0) is 19.3 Å². The maximum atomic E-state index is 7.93. The molecule has 0 amide bonds. The fourth-order valence-corrected chi connectivity index (χ4v) is 2.01. The third kappa shape index (κ3) is 2.91. The largest absolute Gasteiger partial charge is 0.303 e. The Labute approximate surface area is 92.9 Å². The molecule has 0 aromatic heterocycles. The molecule has 1 radical (unpaired) electrons. The first kappa shape index (κ1) is 12.0. The van der Waals surface area contributed by atoms with Gasteiger partial charge >= 0.3 is 0 Å². The summed E-state index contributed by atoms with van der Waals surface area (Å²) in [7, 11) is 2.13. The fraction of sp³-hybridized carbons (Fsp3) is 0.500. The Bertz CT molecular complexity index is 316. The van der Waals surface area contributed by atoms with Crippen LogP contribution in [0.1, 0.15) is 20.3 Å². The summed E-state index contributed by atoms with van der Waals surface area (Å²) in [5, 5.41) is 7.93. The van der Waals surface area contributed by atoms with E-state index in [1.807, 2.05) is 6.08 Å². The number of allylic oxidation sites excluding steroid dienone is 3. The fourth-order valence-electron chi connectivity index (χ4n) is 2.01. The molecule has 0 bridgehead atoms. The summed E-state index contributed by atoms with van der Waals surface area (Å²) < 4.78 is 0. The SMILES string of the molecule is C[B]/C(=C/C)C(C)C1CC=CN=CC1=N. The molecule has 0 saturated carbocycles. The van der Waals surface area contributed by atoms with Crippen molar-refractivity contribution >= 4 is 19.2 Å². The van der Waals surface area contributed by atoms with Crippen LogP contribution in [0.3, 0.4) is 0 Å². The summed E-state index contributed by atoms with van der Waals surface area (Å²) in [4.78, 5) is 4.04. The summed E-state index contributed by atoms with van der Waals surface area (Å²) in [6.45, 7) is 6.29. The molecule has 79 valence electrons. The Kier molecular flexibility index (Phi) is 4.54. The smallest absolute Gasteiger partial charge is 0.142 e. The standard InChI is InChI=1S/C12H18BN2/c1-4-11(13-3)9(2)10-6-5-7-15-8-12(10)14/h4-5,7-10,14H,6H2,1-3H3/b11-4+,14-12?. The van der Waals surface area contributed by atoms with E-state index in [1.165, 1.54) is 5.47 Å². The zero-order valence-corrected chi connectivity index (χ0v) is 9.70. The lowest BCUT2D eigenvalue weighted by Gasteiger charge is -2.23. The minimum Gasteiger partial charge on any atom is -0.303 e. The molecule has 2 atom stereocenters. The number of rotatable bonds is 3. The van der Waals surface area contributed by atoms with E-state index in [1.54, 1.807) is 12.4 Å². The minimum absolute atomic E-state index is 0.259. The highest BCUT2D eigenvalue weighted by Gasteiger charge is 2.22. The van der Waals surface area contributed by atoms with Gasteiger partial charge in [-0.25, -0.2) is 0 Å². The van der Waals surface area contributed by atoms with Crippen LogP contribution in [0.15, 0.2) is 28.8 Å². The van der Waals surface area contributed by atoms with Gasteiger partial charge in [0.1, 0.15) is 7.28 Å². The molecular formula is C12H18BN2. The van der Waals surface area contributed by atoms with Crippen LogP contribution in [-0.2, 0) is 0 Å². The third-order valence-electron chi connectivity index (χ3n) is 2.99. The molecule has 1 heterocycles. The number of aliphatic imine (C=N–C) groups is 1. The van der Waals surface area contributed by atoms with Crippen molar-refractivity contribution in [3.63, 3.8) is 0 Å². The predicted molar refractivity (Wildman–Crippen MR) is 68.0 cm³/mol. The van der Waals surface area contributed by atoms with E-state index in [0.717, 1.165) is 6.42 Å². The maximum absolute atomic E-state index is 7.93. The van der Waals surface area contributed by atoms with Crippen LogP contribution in [-0.4, -0.2) is 19.2 Å². The summed E-state index contributed by atoms with van der Waals surface area (Å²) in [5.41, 5.74) is 1.95. The number of nitrogens with one attached hydrogen (secondary N) is 1. The molecule has 0 spiro atoms. The van der Waals surface area contributed by atoms with Crippen LogP contribution in [0.4, 0.5) is 0 Å². The Morgan fingerprint density at radius 3 is 3.07 bits per heavy atom. The Balaban J connectivity index is 2.82. The molecule has 2 unspecified atom stereocenters. The molecule has 1 aliphatic rings. The second-order valence-corrected chi connectivity index (χ2v) is 3.83. The van der Waals surface area contributed by atoms with E-state index >= 15 is 0 Å². The van der Waals surface area contributed by atoms with Crippen molar-refractivity contribution in [2.45, 2.75) is 27.1 Å². The van der Waals surface area contributed by atoms with Gasteiger partial charge in [0.2, 0.25) is 0 Å². The maximum Gasteiger partial charge on any atom is 0.142 e. The number of hydrogen-bond acceptors (Lipinski definition) is 2. The van der Waals surface area contributed by atoms with Crippen molar-refractivity contribution < 1.29 is 0 Å². The number of nitrogens with zero attached hydrogens (tertiary/aromatic N) is 1. The molecular weight excluding hydrogens is 183 g/mol. The van der Waals surface area contributed by atoms with E-state index in [2.05, 4.69) is 39.0 Å². The normalized spacial score (nSPS) is 23.8. The van der Waals surface area contributed by atoms with E-state index in [0.29, 0.717) is 11.6 Å². The molecule has 1 rings (SSSR count). The lowest BCUT2D eigenvalue weighted by Crippen LogP contribution is -2.24. The van der Waals surface area contributed by atoms with E-state index < -0.39 is 0 Å². The second kappa shape index (κ2) is 5.69. The average molecular weight is 201 g/mol. The summed E-state index contributed by atoms with van der Waals surface area (Å²) in [5.74, 6) is 0.650. The first-order valence-corrected chi connectivity index (χ1v) is 5.42. The highest BCUT2D eigenvalue weighted by atomic mass is 14.7. The first-order valence-electron chi connectivity index (χ1n) is 5.42. The first-order chi connectivity index (χ1) is 7.20. The van der Waals surface area contributed by atoms with Crippen molar-refractivity contribution in [2.24, 2.45) is 16.8 Å². The number of hydrogen-bond donors (Lipinski definition) is 1. The summed E-state index contributed by atoms with van der Waals surface area (Å²) in [6, 6.07) is 0. The lowest BCUT2D eigenvalue weighted by atomic mass is 9.63. The Morgan fingerprint density at radius 2 is 2.47 bits per heavy atom. The van der Waals surface area contributed by atoms with Crippen molar-refractivity contribution in [1.82, 2.24) is 0 Å². The van der Waals surface area contributed by atoms with Gasteiger partial charge in [-0.3, -0.25) is 4.99 Å². The molecule has 3 heteroatoms. The molecule has 0 aliphatic carbocycles. The zero-order chi connectivity index (χ0) is 11.3. The van der Waals surface area contributed by atoms with E-state index in [4.69, 9.17) is 5.41 Å². The van der Waals surface area contributed by atoms with Gasteiger partial charge in [-0.2, -0.15) is 0 Å². The van der Waals surface area contributed by atoms with E-state index in [9.17, 15) is 0 Å². The van der Waals surface area contributed by atoms with Gasteiger partial charge in [-0.15, -0.1) is 5.47 Å². The van der Waals surface area contributed by atoms with Gasteiger partial charge < -0.3 is 5.41 Å². The molecule has 0 saturated heterocycles. The van der Waals surface area contributed by atoms with Crippen LogP contribution in [0.5, 0.6) is 0 Å². The van der Waals surface area contributed by atoms with Crippen LogP contribution in [0.25, 0.3) is 0 Å². The molecule has 0 fully saturated rings. The zero-order valence-electron chi connectivity index (χ0n) is 9.70. The van der Waals surface area contributed by atoms with E-state index in [-0.39, 0.29) is 5.92 Å². The van der Waals surface area contributed by atoms with Crippen LogP contribution >= 0.6 is 0 Å². The lowest BCUT2D eigenvalue weighted by molar-refractivity contribution is 0.542.